The zero-order chi connectivity index (χ0) is 7.54. The minimum atomic E-state index is 1.08. The summed E-state index contributed by atoms with van der Waals surface area (Å²) < 4.78 is 0. The van der Waals surface area contributed by atoms with Crippen LogP contribution in [0.4, 0.5) is 0 Å². The van der Waals surface area contributed by atoms with Crippen molar-refractivity contribution in [2.45, 2.75) is 33.6 Å². The summed E-state index contributed by atoms with van der Waals surface area (Å²) in [5.41, 5.74) is 0. The molecule has 0 rings (SSSR count). The van der Waals surface area contributed by atoms with Crippen LogP contribution in [0.15, 0.2) is 24.8 Å². The van der Waals surface area contributed by atoms with E-state index in [1.54, 1.807) is 0 Å². The third kappa shape index (κ3) is 36.5. The monoisotopic (exact) mass is 126 g/mol. The van der Waals surface area contributed by atoms with Crippen LogP contribution in [-0.2, 0) is 0 Å². The minimum absolute atomic E-state index is 1.08. The van der Waals surface area contributed by atoms with Crippen LogP contribution in [-0.4, -0.2) is 0 Å². The molecule has 0 saturated heterocycles. The highest BCUT2D eigenvalue weighted by Crippen LogP contribution is 1.73. The molecular formula is C9H18. The lowest BCUT2D eigenvalue weighted by Crippen LogP contribution is -1.43. The number of hydrogen-bond acceptors (Lipinski definition) is 0. The normalized spacial score (nSPS) is 8.33. The van der Waals surface area contributed by atoms with Gasteiger partial charge >= 0.3 is 0 Å². The summed E-state index contributed by atoms with van der Waals surface area (Å²) in [6.45, 7) is 9.70. The Labute approximate surface area is 59.3 Å². The molecular weight excluding hydrogens is 108 g/mol. The first-order valence-corrected chi connectivity index (χ1v) is 3.55. The maximum Gasteiger partial charge on any atom is -0.0379 e. The van der Waals surface area contributed by atoms with Crippen LogP contribution in [0.2, 0.25) is 0 Å². The molecule has 0 nitrogen and oxygen atoms in total. The Morgan fingerprint density at radius 3 is 1.67 bits per heavy atom. The lowest BCUT2D eigenvalue weighted by Gasteiger charge is -1.65. The van der Waals surface area contributed by atoms with Gasteiger partial charge in [-0.05, 0) is 19.8 Å². The highest BCUT2D eigenvalue weighted by Gasteiger charge is 1.52. The molecule has 0 unspecified atom stereocenters. The zero-order valence-corrected chi connectivity index (χ0v) is 6.85. The molecule has 0 saturated carbocycles. The van der Waals surface area contributed by atoms with E-state index >= 15 is 0 Å². The van der Waals surface area contributed by atoms with Gasteiger partial charge < -0.3 is 0 Å². The summed E-state index contributed by atoms with van der Waals surface area (Å²) in [5, 5.41) is 0. The first kappa shape index (κ1) is 11.3. The molecule has 0 fully saturated rings. The molecule has 0 aliphatic heterocycles. The molecule has 0 spiro atoms. The second-order valence-electron chi connectivity index (χ2n) is 1.67. The molecule has 0 aromatic rings. The van der Waals surface area contributed by atoms with Gasteiger partial charge in [0.25, 0.3) is 0 Å². The van der Waals surface area contributed by atoms with Gasteiger partial charge in [-0.15, -0.1) is 6.58 Å². The Kier molecular flexibility index (Phi) is 19.6. The van der Waals surface area contributed by atoms with E-state index in [2.05, 4.69) is 32.6 Å². The largest absolute Gasteiger partial charge is 0.103 e. The molecule has 0 bridgehead atoms. The van der Waals surface area contributed by atoms with E-state index < -0.39 is 0 Å². The van der Waals surface area contributed by atoms with E-state index in [1.807, 2.05) is 13.0 Å². The van der Waals surface area contributed by atoms with E-state index in [1.165, 1.54) is 0 Å². The Morgan fingerprint density at radius 1 is 1.22 bits per heavy atom. The van der Waals surface area contributed by atoms with E-state index in [0.717, 1.165) is 12.8 Å². The third-order valence-corrected chi connectivity index (χ3v) is 0.760. The molecule has 0 aliphatic carbocycles. The lowest BCUT2D eigenvalue weighted by atomic mass is 10.4. The highest BCUT2D eigenvalue weighted by molar-refractivity contribution is 4.73. The molecule has 0 amide bonds. The van der Waals surface area contributed by atoms with Crippen molar-refractivity contribution in [3.8, 4) is 0 Å². The molecule has 0 aromatic heterocycles. The van der Waals surface area contributed by atoms with Crippen molar-refractivity contribution < 1.29 is 0 Å². The van der Waals surface area contributed by atoms with Crippen LogP contribution in [0.25, 0.3) is 0 Å². The summed E-state index contributed by atoms with van der Waals surface area (Å²) in [6.07, 6.45) is 8.30. The number of hydrogen-bond donors (Lipinski definition) is 0. The molecule has 0 heteroatoms. The average molecular weight is 126 g/mol. The Hall–Kier alpha value is -0.520. The molecule has 0 N–H and O–H groups in total. The van der Waals surface area contributed by atoms with Crippen molar-refractivity contribution in [3.05, 3.63) is 24.8 Å². The van der Waals surface area contributed by atoms with Crippen molar-refractivity contribution >= 4 is 0 Å². The molecule has 0 radical (unpaired) electrons. The molecule has 54 valence electrons. The van der Waals surface area contributed by atoms with Gasteiger partial charge in [0.2, 0.25) is 0 Å². The maximum atomic E-state index is 3.48. The smallest absolute Gasteiger partial charge is 0.0379 e. The van der Waals surface area contributed by atoms with Crippen molar-refractivity contribution in [1.29, 1.82) is 0 Å². The van der Waals surface area contributed by atoms with E-state index in [4.69, 9.17) is 0 Å². The van der Waals surface area contributed by atoms with Gasteiger partial charge in [0, 0.05) is 0 Å². The summed E-state index contributed by atoms with van der Waals surface area (Å²) in [4.78, 5) is 0. The summed E-state index contributed by atoms with van der Waals surface area (Å²) in [5.74, 6) is 0. The van der Waals surface area contributed by atoms with Gasteiger partial charge in [-0.1, -0.05) is 32.1 Å². The van der Waals surface area contributed by atoms with Crippen LogP contribution in [0.5, 0.6) is 0 Å². The van der Waals surface area contributed by atoms with E-state index in [-0.39, 0.29) is 0 Å². The molecule has 0 atom stereocenters. The van der Waals surface area contributed by atoms with Crippen LogP contribution in [0, 0.1) is 0 Å². The Bertz CT molecular complexity index is 60.4. The van der Waals surface area contributed by atoms with Crippen LogP contribution >= 0.6 is 0 Å². The Balaban J connectivity index is 0. The van der Waals surface area contributed by atoms with Gasteiger partial charge in [-0.25, -0.2) is 0 Å². The first-order chi connectivity index (χ1) is 4.33. The van der Waals surface area contributed by atoms with Crippen LogP contribution < -0.4 is 0 Å². The second kappa shape index (κ2) is 15.6. The Morgan fingerprint density at radius 2 is 1.67 bits per heavy atom. The van der Waals surface area contributed by atoms with E-state index in [0.29, 0.717) is 0 Å². The fourth-order valence-corrected chi connectivity index (χ4v) is 0.236. The van der Waals surface area contributed by atoms with Crippen molar-refractivity contribution in [3.63, 3.8) is 0 Å². The maximum absolute atomic E-state index is 3.48. The fraction of sp³-hybridized carbons (Fsp3) is 0.556. The molecule has 9 heavy (non-hydrogen) atoms. The van der Waals surface area contributed by atoms with Gasteiger partial charge in [0.1, 0.15) is 0 Å². The number of allylic oxidation sites excluding steroid dienone is 3. The fourth-order valence-electron chi connectivity index (χ4n) is 0.236. The molecule has 0 aliphatic rings. The topological polar surface area (TPSA) is 0 Å². The standard InChI is InChI=1S/C5H10.C4H8/c1-3-5-4-2;1-3-4-2/h3,5H,4H2,1-2H3;3H,1,4H2,2H3. The third-order valence-electron chi connectivity index (χ3n) is 0.760. The lowest BCUT2D eigenvalue weighted by molar-refractivity contribution is 1.22. The van der Waals surface area contributed by atoms with Crippen LogP contribution in [0.1, 0.15) is 33.6 Å². The van der Waals surface area contributed by atoms with Crippen molar-refractivity contribution in [1.82, 2.24) is 0 Å². The zero-order valence-electron chi connectivity index (χ0n) is 6.85. The average Bonchev–Trinajstić information content (AvgIpc) is 1.91. The SMILES string of the molecule is C=CCC.CC=CCC. The molecule has 0 aromatic carbocycles. The minimum Gasteiger partial charge on any atom is -0.103 e. The van der Waals surface area contributed by atoms with Gasteiger partial charge in [-0.2, -0.15) is 0 Å². The second-order valence-corrected chi connectivity index (χ2v) is 1.67. The van der Waals surface area contributed by atoms with Gasteiger partial charge in [0.15, 0.2) is 0 Å². The van der Waals surface area contributed by atoms with Crippen molar-refractivity contribution in [2.75, 3.05) is 0 Å². The van der Waals surface area contributed by atoms with Crippen molar-refractivity contribution in [2.24, 2.45) is 0 Å². The quantitative estimate of drug-likeness (QED) is 0.496. The summed E-state index contributed by atoms with van der Waals surface area (Å²) in [7, 11) is 0. The van der Waals surface area contributed by atoms with Gasteiger partial charge in [0.05, 0.1) is 0 Å². The highest BCUT2D eigenvalue weighted by atomic mass is 13.6. The first-order valence-electron chi connectivity index (χ1n) is 3.55. The number of rotatable bonds is 2. The summed E-state index contributed by atoms with van der Waals surface area (Å²) >= 11 is 0. The van der Waals surface area contributed by atoms with Crippen LogP contribution in [0.3, 0.4) is 0 Å². The predicted molar refractivity (Wildman–Crippen MR) is 45.6 cm³/mol. The van der Waals surface area contributed by atoms with Gasteiger partial charge in [-0.3, -0.25) is 0 Å². The predicted octanol–water partition coefficient (Wildman–Crippen LogP) is 3.55. The molecule has 0 heterocycles. The van der Waals surface area contributed by atoms with E-state index in [9.17, 15) is 0 Å². The summed E-state index contributed by atoms with van der Waals surface area (Å²) in [6, 6.07) is 0.